The second kappa shape index (κ2) is 4.06. The summed E-state index contributed by atoms with van der Waals surface area (Å²) in [5.74, 6) is 0. The number of hydrogen-bond donors (Lipinski definition) is 0. The lowest BCUT2D eigenvalue weighted by molar-refractivity contribution is 0.586. The Bertz CT molecular complexity index is 361. The molecule has 0 aliphatic rings. The van der Waals surface area contributed by atoms with Gasteiger partial charge in [0, 0.05) is 6.21 Å². The summed E-state index contributed by atoms with van der Waals surface area (Å²) in [6, 6.07) is 9.47. The number of benzene rings is 1. The van der Waals surface area contributed by atoms with E-state index in [0.717, 1.165) is 5.56 Å². The van der Waals surface area contributed by atoms with Crippen LogP contribution in [0.25, 0.3) is 0 Å². The van der Waals surface area contributed by atoms with E-state index < -0.39 is 0 Å². The Morgan fingerprint density at radius 2 is 1.79 bits per heavy atom. The molecule has 0 saturated carbocycles. The third kappa shape index (κ3) is 3.40. The van der Waals surface area contributed by atoms with E-state index in [1.165, 1.54) is 0 Å². The van der Waals surface area contributed by atoms with Crippen molar-refractivity contribution >= 4 is 6.21 Å². The molecule has 0 unspecified atom stereocenters. The van der Waals surface area contributed by atoms with Gasteiger partial charge < -0.3 is 0 Å². The van der Waals surface area contributed by atoms with Crippen LogP contribution in [0.15, 0.2) is 29.3 Å². The van der Waals surface area contributed by atoms with Gasteiger partial charge in [0.1, 0.15) is 0 Å². The molecule has 14 heavy (non-hydrogen) atoms. The molecular formula is C12H14N2. The molecule has 1 aromatic carbocycles. The number of aliphatic imine (C=N–C) groups is 1. The summed E-state index contributed by atoms with van der Waals surface area (Å²) < 4.78 is 0. The van der Waals surface area contributed by atoms with Crippen LogP contribution in [-0.2, 0) is 0 Å². The second-order valence-corrected chi connectivity index (χ2v) is 4.16. The molecule has 1 aromatic rings. The summed E-state index contributed by atoms with van der Waals surface area (Å²) in [5.41, 5.74) is 1.66. The summed E-state index contributed by atoms with van der Waals surface area (Å²) in [6.45, 7) is 6.15. The average Bonchev–Trinajstić information content (AvgIpc) is 2.14. The molecule has 0 heterocycles. The Labute approximate surface area is 84.9 Å². The van der Waals surface area contributed by atoms with Gasteiger partial charge in [0.2, 0.25) is 0 Å². The zero-order chi connectivity index (χ0) is 10.6. The third-order valence-corrected chi connectivity index (χ3v) is 1.64. The first kappa shape index (κ1) is 10.5. The van der Waals surface area contributed by atoms with E-state index in [1.807, 2.05) is 39.1 Å². The monoisotopic (exact) mass is 186 g/mol. The Morgan fingerprint density at radius 1 is 1.21 bits per heavy atom. The van der Waals surface area contributed by atoms with Gasteiger partial charge in [0.25, 0.3) is 0 Å². The van der Waals surface area contributed by atoms with Crippen LogP contribution in [0, 0.1) is 11.3 Å². The SMILES string of the molecule is CC(C)(C)N=Cc1ccc(C#N)cc1. The molecule has 0 bridgehead atoms. The van der Waals surface area contributed by atoms with Crippen molar-refractivity contribution < 1.29 is 0 Å². The van der Waals surface area contributed by atoms with Crippen molar-refractivity contribution in [2.45, 2.75) is 26.3 Å². The highest BCUT2D eigenvalue weighted by Gasteiger charge is 2.04. The van der Waals surface area contributed by atoms with Crippen molar-refractivity contribution in [3.05, 3.63) is 35.4 Å². The molecule has 2 nitrogen and oxygen atoms in total. The summed E-state index contributed by atoms with van der Waals surface area (Å²) in [6.07, 6.45) is 1.83. The van der Waals surface area contributed by atoms with Crippen LogP contribution >= 0.6 is 0 Å². The van der Waals surface area contributed by atoms with Crippen molar-refractivity contribution in [2.24, 2.45) is 4.99 Å². The van der Waals surface area contributed by atoms with Crippen LogP contribution in [0.5, 0.6) is 0 Å². The molecule has 0 saturated heterocycles. The summed E-state index contributed by atoms with van der Waals surface area (Å²) >= 11 is 0. The van der Waals surface area contributed by atoms with Crippen LogP contribution in [0.1, 0.15) is 31.9 Å². The molecule has 0 atom stereocenters. The van der Waals surface area contributed by atoms with Gasteiger partial charge in [-0.25, -0.2) is 0 Å². The first-order valence-electron chi connectivity index (χ1n) is 4.57. The maximum absolute atomic E-state index is 8.60. The molecule has 0 aliphatic carbocycles. The normalized spacial score (nSPS) is 11.6. The molecule has 2 heteroatoms. The Hall–Kier alpha value is -1.62. The lowest BCUT2D eigenvalue weighted by atomic mass is 10.1. The lowest BCUT2D eigenvalue weighted by Crippen LogP contribution is -2.09. The topological polar surface area (TPSA) is 36.1 Å². The molecule has 1 rings (SSSR count). The van der Waals surface area contributed by atoms with Crippen molar-refractivity contribution in [3.8, 4) is 6.07 Å². The van der Waals surface area contributed by atoms with E-state index in [9.17, 15) is 0 Å². The Kier molecular flexibility index (Phi) is 3.03. The first-order chi connectivity index (χ1) is 6.51. The van der Waals surface area contributed by atoms with Gasteiger partial charge in [-0.2, -0.15) is 5.26 Å². The van der Waals surface area contributed by atoms with Crippen molar-refractivity contribution in [2.75, 3.05) is 0 Å². The van der Waals surface area contributed by atoms with Gasteiger partial charge in [0.15, 0.2) is 0 Å². The minimum atomic E-state index is -0.0477. The molecule has 0 N–H and O–H groups in total. The smallest absolute Gasteiger partial charge is 0.0991 e. The highest BCUT2D eigenvalue weighted by Crippen LogP contribution is 2.07. The zero-order valence-electron chi connectivity index (χ0n) is 8.78. The highest BCUT2D eigenvalue weighted by atomic mass is 14.8. The van der Waals surface area contributed by atoms with Crippen LogP contribution in [-0.4, -0.2) is 11.8 Å². The van der Waals surface area contributed by atoms with Crippen LogP contribution in [0.4, 0.5) is 0 Å². The largest absolute Gasteiger partial charge is 0.287 e. The van der Waals surface area contributed by atoms with Gasteiger partial charge in [-0.1, -0.05) is 12.1 Å². The third-order valence-electron chi connectivity index (χ3n) is 1.64. The molecule has 0 radical (unpaired) electrons. The highest BCUT2D eigenvalue weighted by molar-refractivity contribution is 5.80. The minimum absolute atomic E-state index is 0.0477. The maximum Gasteiger partial charge on any atom is 0.0991 e. The Morgan fingerprint density at radius 3 is 2.21 bits per heavy atom. The second-order valence-electron chi connectivity index (χ2n) is 4.16. The lowest BCUT2D eigenvalue weighted by Gasteiger charge is -2.10. The molecule has 0 spiro atoms. The predicted molar refractivity (Wildman–Crippen MR) is 58.5 cm³/mol. The quantitative estimate of drug-likeness (QED) is 0.621. The molecule has 72 valence electrons. The van der Waals surface area contributed by atoms with Gasteiger partial charge in [-0.15, -0.1) is 0 Å². The van der Waals surface area contributed by atoms with Gasteiger partial charge >= 0.3 is 0 Å². The number of nitrogens with zero attached hydrogens (tertiary/aromatic N) is 2. The average molecular weight is 186 g/mol. The van der Waals surface area contributed by atoms with Crippen LogP contribution in [0.2, 0.25) is 0 Å². The predicted octanol–water partition coefficient (Wildman–Crippen LogP) is 2.78. The molecular weight excluding hydrogens is 172 g/mol. The van der Waals surface area contributed by atoms with Gasteiger partial charge in [0.05, 0.1) is 17.2 Å². The van der Waals surface area contributed by atoms with E-state index in [2.05, 4.69) is 11.1 Å². The van der Waals surface area contributed by atoms with Crippen LogP contribution < -0.4 is 0 Å². The fourth-order valence-electron chi connectivity index (χ4n) is 0.912. The van der Waals surface area contributed by atoms with Gasteiger partial charge in [-0.3, -0.25) is 4.99 Å². The molecule has 0 aliphatic heterocycles. The maximum atomic E-state index is 8.60. The zero-order valence-corrected chi connectivity index (χ0v) is 8.78. The minimum Gasteiger partial charge on any atom is -0.287 e. The van der Waals surface area contributed by atoms with Crippen LogP contribution in [0.3, 0.4) is 0 Å². The van der Waals surface area contributed by atoms with E-state index in [-0.39, 0.29) is 5.54 Å². The number of rotatable bonds is 1. The Balaban J connectivity index is 2.80. The van der Waals surface area contributed by atoms with E-state index in [1.54, 1.807) is 12.1 Å². The van der Waals surface area contributed by atoms with Crippen molar-refractivity contribution in [3.63, 3.8) is 0 Å². The fourth-order valence-corrected chi connectivity index (χ4v) is 0.912. The summed E-state index contributed by atoms with van der Waals surface area (Å²) in [5, 5.41) is 8.60. The number of hydrogen-bond acceptors (Lipinski definition) is 2. The van der Waals surface area contributed by atoms with Crippen molar-refractivity contribution in [1.29, 1.82) is 5.26 Å². The molecule has 0 aromatic heterocycles. The van der Waals surface area contributed by atoms with E-state index in [4.69, 9.17) is 5.26 Å². The van der Waals surface area contributed by atoms with E-state index in [0.29, 0.717) is 5.56 Å². The summed E-state index contributed by atoms with van der Waals surface area (Å²) in [7, 11) is 0. The molecule has 0 amide bonds. The van der Waals surface area contributed by atoms with Gasteiger partial charge in [-0.05, 0) is 38.5 Å². The summed E-state index contributed by atoms with van der Waals surface area (Å²) in [4.78, 5) is 4.37. The molecule has 0 fully saturated rings. The van der Waals surface area contributed by atoms with Crippen molar-refractivity contribution in [1.82, 2.24) is 0 Å². The van der Waals surface area contributed by atoms with E-state index >= 15 is 0 Å². The number of nitriles is 1. The fraction of sp³-hybridized carbons (Fsp3) is 0.333. The first-order valence-corrected chi connectivity index (χ1v) is 4.57. The standard InChI is InChI=1S/C12H14N2/c1-12(2,3)14-9-11-6-4-10(8-13)5-7-11/h4-7,9H,1-3H3.